The van der Waals surface area contributed by atoms with E-state index in [-0.39, 0.29) is 5.91 Å². The minimum absolute atomic E-state index is 0.0944. The van der Waals surface area contributed by atoms with Crippen molar-refractivity contribution in [2.24, 2.45) is 7.05 Å². The Balaban J connectivity index is 1.19. The monoisotopic (exact) mass is 452 g/mol. The van der Waals surface area contributed by atoms with Crippen LogP contribution in [0.3, 0.4) is 0 Å². The van der Waals surface area contributed by atoms with Gasteiger partial charge in [0.2, 0.25) is 0 Å². The van der Waals surface area contributed by atoms with Gasteiger partial charge in [-0.25, -0.2) is 0 Å². The highest BCUT2D eigenvalue weighted by atomic mass is 16.2. The molecule has 0 saturated carbocycles. The van der Waals surface area contributed by atoms with Gasteiger partial charge in [-0.15, -0.1) is 0 Å². The third-order valence-corrected chi connectivity index (χ3v) is 7.95. The third-order valence-electron chi connectivity index (χ3n) is 7.95. The lowest BCUT2D eigenvalue weighted by molar-refractivity contribution is 0.0726. The van der Waals surface area contributed by atoms with E-state index in [0.29, 0.717) is 18.3 Å². The fourth-order valence-corrected chi connectivity index (χ4v) is 6.00. The lowest BCUT2D eigenvalue weighted by atomic mass is 9.88. The number of carbonyl (C=O) groups is 1. The molecule has 0 fully saturated rings. The summed E-state index contributed by atoms with van der Waals surface area (Å²) in [6.45, 7) is 3.51. The zero-order valence-electron chi connectivity index (χ0n) is 19.9. The number of amides is 1. The van der Waals surface area contributed by atoms with Crippen LogP contribution in [0.1, 0.15) is 51.3 Å². The molecule has 1 aliphatic carbocycles. The molecule has 1 atom stereocenters. The van der Waals surface area contributed by atoms with Crippen LogP contribution in [0, 0.1) is 0 Å². The van der Waals surface area contributed by atoms with E-state index in [4.69, 9.17) is 5.10 Å². The topological polar surface area (TPSA) is 41.4 Å². The summed E-state index contributed by atoms with van der Waals surface area (Å²) in [5.74, 6) is 0.0944. The molecular weight excluding hydrogens is 420 g/mol. The van der Waals surface area contributed by atoms with Gasteiger partial charge in [-0.3, -0.25) is 14.4 Å². The van der Waals surface area contributed by atoms with Crippen LogP contribution in [0.2, 0.25) is 0 Å². The fraction of sp³-hybridized carbons (Fsp3) is 0.379. The van der Waals surface area contributed by atoms with Crippen LogP contribution in [-0.4, -0.2) is 51.2 Å². The summed E-state index contributed by atoms with van der Waals surface area (Å²) in [4.78, 5) is 18.2. The highest BCUT2D eigenvalue weighted by Crippen LogP contribution is 2.31. The molecule has 6 rings (SSSR count). The van der Waals surface area contributed by atoms with Gasteiger partial charge in [0.15, 0.2) is 5.69 Å². The number of benzene rings is 2. The minimum Gasteiger partial charge on any atom is -0.333 e. The van der Waals surface area contributed by atoms with Crippen LogP contribution >= 0.6 is 0 Å². The summed E-state index contributed by atoms with van der Waals surface area (Å²) in [6, 6.07) is 19.7. The van der Waals surface area contributed by atoms with E-state index in [1.165, 1.54) is 33.5 Å². The Hall–Kier alpha value is -3.18. The Kier molecular flexibility index (Phi) is 5.58. The van der Waals surface area contributed by atoms with Crippen LogP contribution in [0.4, 0.5) is 0 Å². The Labute approximate surface area is 201 Å². The number of aryl methyl sites for hydroxylation is 1. The summed E-state index contributed by atoms with van der Waals surface area (Å²) in [5, 5.41) is 4.75. The first-order valence-corrected chi connectivity index (χ1v) is 12.6. The maximum atomic E-state index is 13.6. The van der Waals surface area contributed by atoms with Gasteiger partial charge >= 0.3 is 0 Å². The molecule has 3 heterocycles. The average molecular weight is 453 g/mol. The third kappa shape index (κ3) is 3.88. The van der Waals surface area contributed by atoms with Gasteiger partial charge in [-0.1, -0.05) is 60.7 Å². The van der Waals surface area contributed by atoms with E-state index in [1.807, 2.05) is 16.6 Å². The zero-order valence-corrected chi connectivity index (χ0v) is 19.9. The van der Waals surface area contributed by atoms with Gasteiger partial charge in [-0.05, 0) is 54.4 Å². The molecule has 1 amide bonds. The van der Waals surface area contributed by atoms with E-state index >= 15 is 0 Å². The summed E-state index contributed by atoms with van der Waals surface area (Å²) in [5.41, 5.74) is 8.53. The maximum absolute atomic E-state index is 13.6. The number of nitrogens with zero attached hydrogens (tertiary/aromatic N) is 4. The van der Waals surface area contributed by atoms with E-state index in [2.05, 4.69) is 65.6 Å². The van der Waals surface area contributed by atoms with Crippen LogP contribution in [-0.2, 0) is 32.9 Å². The van der Waals surface area contributed by atoms with Crippen molar-refractivity contribution in [1.29, 1.82) is 0 Å². The van der Waals surface area contributed by atoms with Crippen molar-refractivity contribution in [2.45, 2.75) is 44.7 Å². The highest BCUT2D eigenvalue weighted by Gasteiger charge is 2.33. The molecule has 174 valence electrons. The normalized spacial score (nSPS) is 20.4. The lowest BCUT2D eigenvalue weighted by Gasteiger charge is -2.36. The molecule has 5 nitrogen and oxygen atoms in total. The van der Waals surface area contributed by atoms with Crippen LogP contribution in [0.5, 0.6) is 0 Å². The van der Waals surface area contributed by atoms with Crippen molar-refractivity contribution in [3.63, 3.8) is 0 Å². The standard InChI is InChI=1S/C29H32N4O/c1-31-27-12-11-25(32-16-13-23(14-17-32)21-7-3-2-4-8-21)19-26(27)28(30-31)29(34)33-18-15-22-9-5-6-10-24(22)20-33/h2-10,13,25H,11-12,14-20H2,1H3/t25-/m0/s1. The first kappa shape index (κ1) is 21.4. The van der Waals surface area contributed by atoms with Crippen molar-refractivity contribution < 1.29 is 4.79 Å². The molecule has 3 aromatic rings. The van der Waals surface area contributed by atoms with E-state index in [0.717, 1.165) is 51.7 Å². The molecule has 1 aromatic heterocycles. The summed E-state index contributed by atoms with van der Waals surface area (Å²) in [6.07, 6.45) is 7.44. The van der Waals surface area contributed by atoms with Crippen molar-refractivity contribution >= 4 is 11.5 Å². The number of aromatic nitrogens is 2. The molecule has 2 aromatic carbocycles. The molecule has 0 radical (unpaired) electrons. The second-order valence-corrected chi connectivity index (χ2v) is 9.88. The average Bonchev–Trinajstić information content (AvgIpc) is 3.24. The van der Waals surface area contributed by atoms with E-state index in [9.17, 15) is 4.79 Å². The number of carbonyl (C=O) groups excluding carboxylic acids is 1. The smallest absolute Gasteiger partial charge is 0.274 e. The van der Waals surface area contributed by atoms with Gasteiger partial charge in [0.1, 0.15) is 0 Å². The quantitative estimate of drug-likeness (QED) is 0.596. The first-order valence-electron chi connectivity index (χ1n) is 12.6. The minimum atomic E-state index is 0.0944. The van der Waals surface area contributed by atoms with Gasteiger partial charge in [0.05, 0.1) is 0 Å². The summed E-state index contributed by atoms with van der Waals surface area (Å²) < 4.78 is 1.96. The maximum Gasteiger partial charge on any atom is 0.274 e. The van der Waals surface area contributed by atoms with Gasteiger partial charge in [0, 0.05) is 50.5 Å². The SMILES string of the molecule is Cn1nc(C(=O)N2CCc3ccccc3C2)c2c1CC[C@H](N1CC=C(c3ccccc3)CC1)C2. The van der Waals surface area contributed by atoms with Gasteiger partial charge in [-0.2, -0.15) is 5.10 Å². The Morgan fingerprint density at radius 2 is 1.74 bits per heavy atom. The predicted molar refractivity (Wildman–Crippen MR) is 135 cm³/mol. The van der Waals surface area contributed by atoms with Crippen molar-refractivity contribution in [3.8, 4) is 0 Å². The lowest BCUT2D eigenvalue weighted by Crippen LogP contribution is -2.42. The molecule has 0 bridgehead atoms. The predicted octanol–water partition coefficient (Wildman–Crippen LogP) is 4.27. The fourth-order valence-electron chi connectivity index (χ4n) is 6.00. The van der Waals surface area contributed by atoms with Crippen LogP contribution < -0.4 is 0 Å². The largest absolute Gasteiger partial charge is 0.333 e. The van der Waals surface area contributed by atoms with E-state index < -0.39 is 0 Å². The van der Waals surface area contributed by atoms with Crippen molar-refractivity contribution in [1.82, 2.24) is 19.6 Å². The molecule has 0 unspecified atom stereocenters. The second-order valence-electron chi connectivity index (χ2n) is 9.88. The molecule has 3 aliphatic rings. The van der Waals surface area contributed by atoms with Crippen molar-refractivity contribution in [2.75, 3.05) is 19.6 Å². The van der Waals surface area contributed by atoms with Crippen LogP contribution in [0.25, 0.3) is 5.57 Å². The Morgan fingerprint density at radius 1 is 0.941 bits per heavy atom. The van der Waals surface area contributed by atoms with Gasteiger partial charge in [0.25, 0.3) is 5.91 Å². The van der Waals surface area contributed by atoms with Crippen molar-refractivity contribution in [3.05, 3.63) is 94.3 Å². The summed E-state index contributed by atoms with van der Waals surface area (Å²) in [7, 11) is 2.00. The second kappa shape index (κ2) is 8.88. The molecule has 0 spiro atoms. The molecule has 5 heteroatoms. The number of hydrogen-bond acceptors (Lipinski definition) is 3. The van der Waals surface area contributed by atoms with E-state index in [1.54, 1.807) is 0 Å². The molecular formula is C29H32N4O. The number of hydrogen-bond donors (Lipinski definition) is 0. The summed E-state index contributed by atoms with van der Waals surface area (Å²) >= 11 is 0. The molecule has 0 N–H and O–H groups in total. The first-order chi connectivity index (χ1) is 16.7. The van der Waals surface area contributed by atoms with Gasteiger partial charge < -0.3 is 4.90 Å². The Bertz CT molecular complexity index is 1240. The number of rotatable bonds is 3. The molecule has 2 aliphatic heterocycles. The molecule has 0 saturated heterocycles. The number of fused-ring (bicyclic) bond motifs is 2. The Morgan fingerprint density at radius 3 is 2.53 bits per heavy atom. The molecule has 34 heavy (non-hydrogen) atoms. The highest BCUT2D eigenvalue weighted by molar-refractivity contribution is 5.94. The zero-order chi connectivity index (χ0) is 23.1. The van der Waals surface area contributed by atoms with Crippen LogP contribution in [0.15, 0.2) is 60.7 Å².